The fourth-order valence-electron chi connectivity index (χ4n) is 2.11. The summed E-state index contributed by atoms with van der Waals surface area (Å²) in [4.78, 5) is 0. The Morgan fingerprint density at radius 2 is 1.95 bits per heavy atom. The molecule has 0 aromatic heterocycles. The van der Waals surface area contributed by atoms with E-state index in [2.05, 4.69) is 19.2 Å². The van der Waals surface area contributed by atoms with E-state index in [1.807, 2.05) is 12.1 Å². The van der Waals surface area contributed by atoms with Gasteiger partial charge in [-0.15, -0.1) is 0 Å². The van der Waals surface area contributed by atoms with Crippen molar-refractivity contribution >= 4 is 0 Å². The van der Waals surface area contributed by atoms with Gasteiger partial charge in [0.25, 0.3) is 0 Å². The highest BCUT2D eigenvalue weighted by molar-refractivity contribution is 5.17. The zero-order valence-corrected chi connectivity index (χ0v) is 12.3. The van der Waals surface area contributed by atoms with Crippen LogP contribution in [0.4, 0.5) is 4.39 Å². The SMILES string of the molecule is COCCC(CNCC(C)C)Cc1ccccc1F. The minimum atomic E-state index is -0.103. The van der Waals surface area contributed by atoms with Gasteiger partial charge < -0.3 is 10.1 Å². The van der Waals surface area contributed by atoms with E-state index in [-0.39, 0.29) is 5.82 Å². The average molecular weight is 267 g/mol. The molecule has 108 valence electrons. The summed E-state index contributed by atoms with van der Waals surface area (Å²) < 4.78 is 18.8. The molecule has 1 rings (SSSR count). The van der Waals surface area contributed by atoms with Crippen LogP contribution in [0.3, 0.4) is 0 Å². The van der Waals surface area contributed by atoms with E-state index in [4.69, 9.17) is 4.74 Å². The fourth-order valence-corrected chi connectivity index (χ4v) is 2.11. The second-order valence-corrected chi connectivity index (χ2v) is 5.50. The van der Waals surface area contributed by atoms with Crippen molar-refractivity contribution in [3.8, 4) is 0 Å². The third-order valence-electron chi connectivity index (χ3n) is 3.18. The molecule has 1 aromatic carbocycles. The molecule has 1 aromatic rings. The number of rotatable bonds is 9. The Kier molecular flexibility index (Phi) is 7.68. The van der Waals surface area contributed by atoms with Crippen LogP contribution in [0.1, 0.15) is 25.8 Å². The van der Waals surface area contributed by atoms with Crippen LogP contribution in [0, 0.1) is 17.7 Å². The minimum Gasteiger partial charge on any atom is -0.385 e. The smallest absolute Gasteiger partial charge is 0.126 e. The molecule has 0 spiro atoms. The largest absolute Gasteiger partial charge is 0.385 e. The number of nitrogens with one attached hydrogen (secondary N) is 1. The summed E-state index contributed by atoms with van der Waals surface area (Å²) in [6, 6.07) is 7.04. The molecule has 0 bridgehead atoms. The van der Waals surface area contributed by atoms with Gasteiger partial charge in [-0.2, -0.15) is 0 Å². The maximum atomic E-state index is 13.7. The molecule has 2 nitrogen and oxygen atoms in total. The number of methoxy groups -OCH3 is 1. The second kappa shape index (κ2) is 9.05. The molecular weight excluding hydrogens is 241 g/mol. The van der Waals surface area contributed by atoms with Crippen molar-refractivity contribution in [1.82, 2.24) is 5.32 Å². The van der Waals surface area contributed by atoms with E-state index in [1.165, 1.54) is 6.07 Å². The van der Waals surface area contributed by atoms with Crippen molar-refractivity contribution in [1.29, 1.82) is 0 Å². The van der Waals surface area contributed by atoms with Gasteiger partial charge in [0.2, 0.25) is 0 Å². The van der Waals surface area contributed by atoms with Crippen molar-refractivity contribution in [2.24, 2.45) is 11.8 Å². The lowest BCUT2D eigenvalue weighted by Crippen LogP contribution is -2.28. The zero-order chi connectivity index (χ0) is 14.1. The first kappa shape index (κ1) is 16.1. The number of halogens is 1. The summed E-state index contributed by atoms with van der Waals surface area (Å²) in [5.74, 6) is 0.945. The van der Waals surface area contributed by atoms with Gasteiger partial charge >= 0.3 is 0 Å². The lowest BCUT2D eigenvalue weighted by atomic mass is 9.96. The molecule has 1 N–H and O–H groups in total. The number of benzene rings is 1. The first-order valence-corrected chi connectivity index (χ1v) is 7.06. The molecule has 0 saturated heterocycles. The lowest BCUT2D eigenvalue weighted by molar-refractivity contribution is 0.175. The Bertz CT molecular complexity index is 354. The van der Waals surface area contributed by atoms with E-state index < -0.39 is 0 Å². The molecule has 19 heavy (non-hydrogen) atoms. The molecule has 0 fully saturated rings. The molecule has 0 amide bonds. The number of hydrogen-bond donors (Lipinski definition) is 1. The Labute approximate surface area is 116 Å². The summed E-state index contributed by atoms with van der Waals surface area (Å²) >= 11 is 0. The Morgan fingerprint density at radius 3 is 2.58 bits per heavy atom. The molecule has 0 saturated carbocycles. The van der Waals surface area contributed by atoms with Crippen molar-refractivity contribution in [2.75, 3.05) is 26.8 Å². The maximum Gasteiger partial charge on any atom is 0.126 e. The van der Waals surface area contributed by atoms with Crippen LogP contribution in [-0.4, -0.2) is 26.8 Å². The first-order valence-electron chi connectivity index (χ1n) is 7.06. The summed E-state index contributed by atoms with van der Waals surface area (Å²) in [5, 5.41) is 3.46. The molecule has 0 radical (unpaired) electrons. The number of ether oxygens (including phenoxy) is 1. The predicted octanol–water partition coefficient (Wildman–Crippen LogP) is 3.27. The van der Waals surface area contributed by atoms with Crippen molar-refractivity contribution < 1.29 is 9.13 Å². The normalized spacial score (nSPS) is 12.9. The summed E-state index contributed by atoms with van der Waals surface area (Å²) in [5.41, 5.74) is 0.801. The van der Waals surface area contributed by atoms with Crippen LogP contribution < -0.4 is 5.32 Å². The van der Waals surface area contributed by atoms with Gasteiger partial charge in [-0.05, 0) is 49.4 Å². The fraction of sp³-hybridized carbons (Fsp3) is 0.625. The van der Waals surface area contributed by atoms with Crippen LogP contribution in [0.15, 0.2) is 24.3 Å². The van der Waals surface area contributed by atoms with E-state index in [1.54, 1.807) is 13.2 Å². The standard InChI is InChI=1S/C16H26FNO/c1-13(2)11-18-12-14(8-9-19-3)10-15-6-4-5-7-16(15)17/h4-7,13-14,18H,8-12H2,1-3H3. The molecule has 3 heteroatoms. The summed E-state index contributed by atoms with van der Waals surface area (Å²) in [6.07, 6.45) is 1.72. The summed E-state index contributed by atoms with van der Waals surface area (Å²) in [7, 11) is 1.71. The summed E-state index contributed by atoms with van der Waals surface area (Å²) in [6.45, 7) is 7.02. The number of hydrogen-bond acceptors (Lipinski definition) is 2. The van der Waals surface area contributed by atoms with Crippen LogP contribution in [0.2, 0.25) is 0 Å². The van der Waals surface area contributed by atoms with Crippen molar-refractivity contribution in [3.63, 3.8) is 0 Å². The van der Waals surface area contributed by atoms with Crippen LogP contribution in [0.5, 0.6) is 0 Å². The minimum absolute atomic E-state index is 0.103. The zero-order valence-electron chi connectivity index (χ0n) is 12.3. The molecular formula is C16H26FNO. The molecule has 0 aliphatic rings. The highest BCUT2D eigenvalue weighted by atomic mass is 19.1. The van der Waals surface area contributed by atoms with E-state index in [0.29, 0.717) is 11.8 Å². The molecule has 1 unspecified atom stereocenters. The van der Waals surface area contributed by atoms with Crippen molar-refractivity contribution in [3.05, 3.63) is 35.6 Å². The molecule has 0 aliphatic heterocycles. The Hall–Kier alpha value is -0.930. The lowest BCUT2D eigenvalue weighted by Gasteiger charge is -2.18. The molecule has 0 heterocycles. The monoisotopic (exact) mass is 267 g/mol. The van der Waals surface area contributed by atoms with Gasteiger partial charge in [0.1, 0.15) is 5.82 Å². The molecule has 0 aliphatic carbocycles. The van der Waals surface area contributed by atoms with Gasteiger partial charge in [0, 0.05) is 13.7 Å². The highest BCUT2D eigenvalue weighted by Crippen LogP contribution is 2.15. The van der Waals surface area contributed by atoms with E-state index in [0.717, 1.165) is 38.1 Å². The van der Waals surface area contributed by atoms with Gasteiger partial charge in [-0.3, -0.25) is 0 Å². The van der Waals surface area contributed by atoms with Crippen LogP contribution >= 0.6 is 0 Å². The van der Waals surface area contributed by atoms with Gasteiger partial charge in [-0.25, -0.2) is 4.39 Å². The third kappa shape index (κ3) is 6.69. The molecule has 1 atom stereocenters. The van der Waals surface area contributed by atoms with Crippen molar-refractivity contribution in [2.45, 2.75) is 26.7 Å². The quantitative estimate of drug-likeness (QED) is 0.741. The van der Waals surface area contributed by atoms with Crippen LogP contribution in [0.25, 0.3) is 0 Å². The van der Waals surface area contributed by atoms with Gasteiger partial charge in [0.05, 0.1) is 0 Å². The van der Waals surface area contributed by atoms with Gasteiger partial charge in [0.15, 0.2) is 0 Å². The van der Waals surface area contributed by atoms with E-state index in [9.17, 15) is 4.39 Å². The van der Waals surface area contributed by atoms with Crippen LogP contribution in [-0.2, 0) is 11.2 Å². The Balaban J connectivity index is 2.51. The maximum absolute atomic E-state index is 13.7. The second-order valence-electron chi connectivity index (χ2n) is 5.50. The first-order chi connectivity index (χ1) is 9.13. The highest BCUT2D eigenvalue weighted by Gasteiger charge is 2.12. The predicted molar refractivity (Wildman–Crippen MR) is 77.8 cm³/mol. The van der Waals surface area contributed by atoms with Gasteiger partial charge in [-0.1, -0.05) is 32.0 Å². The Morgan fingerprint density at radius 1 is 1.21 bits per heavy atom. The average Bonchev–Trinajstić information content (AvgIpc) is 2.37. The van der Waals surface area contributed by atoms with E-state index >= 15 is 0 Å². The third-order valence-corrected chi connectivity index (χ3v) is 3.18. The topological polar surface area (TPSA) is 21.3 Å².